The maximum Gasteiger partial charge on any atom is 0.160 e. The SMILES string of the molecule is COc1cc2c(cc1O)[C@H](Sc1ccccc1)C(C)(C)C2(C)C. The summed E-state index contributed by atoms with van der Waals surface area (Å²) in [6.07, 6.45) is 0. The molecule has 23 heavy (non-hydrogen) atoms. The van der Waals surface area contributed by atoms with E-state index in [0.29, 0.717) is 5.75 Å². The van der Waals surface area contributed by atoms with Crippen LogP contribution < -0.4 is 4.74 Å². The summed E-state index contributed by atoms with van der Waals surface area (Å²) in [6.45, 7) is 9.20. The molecule has 0 aromatic heterocycles. The number of rotatable bonds is 3. The number of hydrogen-bond donors (Lipinski definition) is 1. The molecule has 1 atom stereocenters. The smallest absolute Gasteiger partial charge is 0.160 e. The zero-order chi connectivity index (χ0) is 16.8. The first-order chi connectivity index (χ1) is 10.8. The predicted molar refractivity (Wildman–Crippen MR) is 96.5 cm³/mol. The van der Waals surface area contributed by atoms with Gasteiger partial charge in [0.25, 0.3) is 0 Å². The van der Waals surface area contributed by atoms with E-state index in [1.54, 1.807) is 7.11 Å². The van der Waals surface area contributed by atoms with E-state index in [1.165, 1.54) is 16.0 Å². The molecule has 1 aliphatic rings. The maximum absolute atomic E-state index is 10.3. The molecular formula is C20H24O2S. The van der Waals surface area contributed by atoms with Crippen LogP contribution in [0.15, 0.2) is 47.4 Å². The summed E-state index contributed by atoms with van der Waals surface area (Å²) in [7, 11) is 1.60. The van der Waals surface area contributed by atoms with Crippen molar-refractivity contribution in [2.45, 2.75) is 43.3 Å². The van der Waals surface area contributed by atoms with Crippen molar-refractivity contribution in [1.29, 1.82) is 0 Å². The van der Waals surface area contributed by atoms with Crippen molar-refractivity contribution >= 4 is 11.8 Å². The second kappa shape index (κ2) is 5.48. The molecule has 2 aromatic rings. The molecule has 0 radical (unpaired) electrons. The summed E-state index contributed by atoms with van der Waals surface area (Å²) in [5, 5.41) is 10.5. The number of hydrogen-bond acceptors (Lipinski definition) is 3. The van der Waals surface area contributed by atoms with Gasteiger partial charge in [-0.2, -0.15) is 0 Å². The van der Waals surface area contributed by atoms with Gasteiger partial charge in [-0.15, -0.1) is 11.8 Å². The number of fused-ring (bicyclic) bond motifs is 1. The average Bonchev–Trinajstić information content (AvgIpc) is 2.65. The molecule has 0 saturated carbocycles. The molecular weight excluding hydrogens is 304 g/mol. The van der Waals surface area contributed by atoms with Gasteiger partial charge < -0.3 is 9.84 Å². The van der Waals surface area contributed by atoms with Crippen LogP contribution in [-0.4, -0.2) is 12.2 Å². The van der Waals surface area contributed by atoms with E-state index in [-0.39, 0.29) is 21.8 Å². The van der Waals surface area contributed by atoms with Crippen LogP contribution >= 0.6 is 11.8 Å². The largest absolute Gasteiger partial charge is 0.504 e. The van der Waals surface area contributed by atoms with E-state index in [2.05, 4.69) is 52.0 Å². The molecule has 3 rings (SSSR count). The van der Waals surface area contributed by atoms with Gasteiger partial charge in [-0.25, -0.2) is 0 Å². The molecule has 122 valence electrons. The quantitative estimate of drug-likeness (QED) is 0.801. The van der Waals surface area contributed by atoms with Crippen molar-refractivity contribution in [3.8, 4) is 11.5 Å². The Bertz CT molecular complexity index is 720. The lowest BCUT2D eigenvalue weighted by Gasteiger charge is -2.39. The molecule has 0 amide bonds. The van der Waals surface area contributed by atoms with Crippen molar-refractivity contribution in [3.63, 3.8) is 0 Å². The van der Waals surface area contributed by atoms with Gasteiger partial charge in [0, 0.05) is 10.1 Å². The molecule has 0 bridgehead atoms. The zero-order valence-corrected chi connectivity index (χ0v) is 15.2. The summed E-state index contributed by atoms with van der Waals surface area (Å²) in [4.78, 5) is 1.25. The van der Waals surface area contributed by atoms with Crippen LogP contribution in [0.3, 0.4) is 0 Å². The number of phenolic OH excluding ortho intramolecular Hbond substituents is 1. The van der Waals surface area contributed by atoms with Crippen LogP contribution in [0.5, 0.6) is 11.5 Å². The Hall–Kier alpha value is -1.61. The standard InChI is InChI=1S/C20H24O2S/c1-19(2)15-12-17(22-5)16(21)11-14(15)18(20(19,3)4)23-13-9-7-6-8-10-13/h6-12,18,21H,1-5H3/t18-/m0/s1. The van der Waals surface area contributed by atoms with Gasteiger partial charge in [0.15, 0.2) is 11.5 Å². The zero-order valence-electron chi connectivity index (χ0n) is 14.4. The Morgan fingerprint density at radius 1 is 1.04 bits per heavy atom. The van der Waals surface area contributed by atoms with E-state index in [4.69, 9.17) is 4.74 Å². The van der Waals surface area contributed by atoms with E-state index in [1.807, 2.05) is 30.0 Å². The number of aromatic hydroxyl groups is 1. The minimum Gasteiger partial charge on any atom is -0.504 e. The highest BCUT2D eigenvalue weighted by Gasteiger charge is 2.53. The first kappa shape index (κ1) is 16.3. The van der Waals surface area contributed by atoms with Gasteiger partial charge in [0.2, 0.25) is 0 Å². The number of benzene rings is 2. The van der Waals surface area contributed by atoms with Crippen molar-refractivity contribution in [2.24, 2.45) is 5.41 Å². The predicted octanol–water partition coefficient (Wildman–Crippen LogP) is 5.55. The topological polar surface area (TPSA) is 29.5 Å². The van der Waals surface area contributed by atoms with Crippen LogP contribution in [0.1, 0.15) is 44.1 Å². The Labute approximate surface area is 142 Å². The van der Waals surface area contributed by atoms with Crippen molar-refractivity contribution in [1.82, 2.24) is 0 Å². The molecule has 0 heterocycles. The van der Waals surface area contributed by atoms with Crippen molar-refractivity contribution in [2.75, 3.05) is 7.11 Å². The second-order valence-corrected chi connectivity index (χ2v) is 8.45. The molecule has 0 aliphatic heterocycles. The molecule has 2 aromatic carbocycles. The summed E-state index contributed by atoms with van der Waals surface area (Å²) < 4.78 is 5.33. The Morgan fingerprint density at radius 3 is 2.30 bits per heavy atom. The van der Waals surface area contributed by atoms with Gasteiger partial charge >= 0.3 is 0 Å². The first-order valence-corrected chi connectivity index (χ1v) is 8.80. The van der Waals surface area contributed by atoms with Crippen LogP contribution in [0.4, 0.5) is 0 Å². The lowest BCUT2D eigenvalue weighted by molar-refractivity contribution is 0.220. The molecule has 3 heteroatoms. The maximum atomic E-state index is 10.3. The Balaban J connectivity index is 2.13. The van der Waals surface area contributed by atoms with Crippen molar-refractivity contribution in [3.05, 3.63) is 53.6 Å². The van der Waals surface area contributed by atoms with Gasteiger partial charge in [-0.1, -0.05) is 45.9 Å². The third kappa shape index (κ3) is 2.42. The lowest BCUT2D eigenvalue weighted by Crippen LogP contribution is -2.33. The van der Waals surface area contributed by atoms with Crippen LogP contribution in [0.25, 0.3) is 0 Å². The number of phenols is 1. The Kier molecular flexibility index (Phi) is 3.88. The summed E-state index contributed by atoms with van der Waals surface area (Å²) in [6, 6.07) is 14.4. The molecule has 2 nitrogen and oxygen atoms in total. The first-order valence-electron chi connectivity index (χ1n) is 7.92. The fourth-order valence-electron chi connectivity index (χ4n) is 3.42. The van der Waals surface area contributed by atoms with Gasteiger partial charge in [0.05, 0.1) is 7.11 Å². The Morgan fingerprint density at radius 2 is 1.70 bits per heavy atom. The van der Waals surface area contributed by atoms with E-state index in [0.717, 1.165) is 0 Å². The molecule has 0 unspecified atom stereocenters. The fourth-order valence-corrected chi connectivity index (χ4v) is 4.91. The fraction of sp³-hybridized carbons (Fsp3) is 0.400. The van der Waals surface area contributed by atoms with E-state index in [9.17, 15) is 5.11 Å². The third-order valence-corrected chi connectivity index (χ3v) is 7.19. The summed E-state index contributed by atoms with van der Waals surface area (Å²) in [5.74, 6) is 0.774. The number of ether oxygens (including phenoxy) is 1. The highest BCUT2D eigenvalue weighted by atomic mass is 32.2. The summed E-state index contributed by atoms with van der Waals surface area (Å²) in [5.41, 5.74) is 2.53. The molecule has 0 fully saturated rings. The van der Waals surface area contributed by atoms with Gasteiger partial charge in [-0.05, 0) is 46.2 Å². The molecule has 0 saturated heterocycles. The van der Waals surface area contributed by atoms with E-state index >= 15 is 0 Å². The minimum atomic E-state index is -0.00421. The number of methoxy groups -OCH3 is 1. The lowest BCUT2D eigenvalue weighted by atomic mass is 9.68. The highest BCUT2D eigenvalue weighted by molar-refractivity contribution is 7.99. The summed E-state index contributed by atoms with van der Waals surface area (Å²) >= 11 is 1.87. The normalized spacial score (nSPS) is 21.0. The molecule has 0 spiro atoms. The van der Waals surface area contributed by atoms with Crippen LogP contribution in [0.2, 0.25) is 0 Å². The van der Waals surface area contributed by atoms with Crippen LogP contribution in [0, 0.1) is 5.41 Å². The molecule has 1 aliphatic carbocycles. The van der Waals surface area contributed by atoms with E-state index < -0.39 is 0 Å². The molecule has 1 N–H and O–H groups in total. The van der Waals surface area contributed by atoms with Gasteiger partial charge in [0.1, 0.15) is 0 Å². The average molecular weight is 328 g/mol. The second-order valence-electron chi connectivity index (χ2n) is 7.27. The van der Waals surface area contributed by atoms with Crippen LogP contribution in [-0.2, 0) is 5.41 Å². The highest BCUT2D eigenvalue weighted by Crippen LogP contribution is 2.64. The minimum absolute atomic E-state index is 0.00421. The number of thioether (sulfide) groups is 1. The van der Waals surface area contributed by atoms with Gasteiger partial charge in [-0.3, -0.25) is 0 Å². The van der Waals surface area contributed by atoms with Crippen molar-refractivity contribution < 1.29 is 9.84 Å². The monoisotopic (exact) mass is 328 g/mol. The third-order valence-electron chi connectivity index (χ3n) is 5.57.